The molecule has 0 saturated carbocycles. The molecule has 0 spiro atoms. The highest BCUT2D eigenvalue weighted by Gasteiger charge is 2.41. The summed E-state index contributed by atoms with van der Waals surface area (Å²) in [5.74, 6) is 1.62. The fourth-order valence-electron chi connectivity index (χ4n) is 3.32. The van der Waals surface area contributed by atoms with Crippen molar-refractivity contribution in [2.45, 2.75) is 31.2 Å². The first-order valence-electron chi connectivity index (χ1n) is 6.14. The average molecular weight is 231 g/mol. The van der Waals surface area contributed by atoms with E-state index in [0.717, 1.165) is 18.6 Å². The largest absolute Gasteiger partial charge is 0.496 e. The molecule has 0 bridgehead atoms. The Morgan fingerprint density at radius 2 is 2.24 bits per heavy atom. The average Bonchev–Trinajstić information content (AvgIpc) is 2.65. The van der Waals surface area contributed by atoms with Gasteiger partial charge in [-0.25, -0.2) is 0 Å². The lowest BCUT2D eigenvalue weighted by Gasteiger charge is -2.31. The second-order valence-electron chi connectivity index (χ2n) is 4.95. The fourth-order valence-corrected chi connectivity index (χ4v) is 3.32. The standard InChI is InChI=1S/C14H17NO2/c1-15-12-7-6-10-9(11(12)8-14(15)16)4-3-5-13(10)17-2/h3-5,11-12H,6-8H2,1-2H3/t11-,12-/m0/s1. The molecule has 1 saturated heterocycles. The predicted octanol–water partition coefficient (Wildman–Crippen LogP) is 1.96. The summed E-state index contributed by atoms with van der Waals surface area (Å²) in [7, 11) is 3.64. The number of hydrogen-bond acceptors (Lipinski definition) is 2. The minimum atomic E-state index is 0.274. The first-order valence-corrected chi connectivity index (χ1v) is 6.14. The minimum absolute atomic E-state index is 0.274. The van der Waals surface area contributed by atoms with Gasteiger partial charge in [-0.15, -0.1) is 0 Å². The van der Waals surface area contributed by atoms with E-state index < -0.39 is 0 Å². The van der Waals surface area contributed by atoms with Crippen molar-refractivity contribution in [3.05, 3.63) is 29.3 Å². The van der Waals surface area contributed by atoms with Crippen molar-refractivity contribution in [3.63, 3.8) is 0 Å². The van der Waals surface area contributed by atoms with Crippen LogP contribution in [0.2, 0.25) is 0 Å². The van der Waals surface area contributed by atoms with Crippen molar-refractivity contribution in [1.29, 1.82) is 0 Å². The lowest BCUT2D eigenvalue weighted by Crippen LogP contribution is -2.33. The number of carbonyl (C=O) groups is 1. The third-order valence-corrected chi connectivity index (χ3v) is 4.23. The topological polar surface area (TPSA) is 29.5 Å². The zero-order valence-corrected chi connectivity index (χ0v) is 10.3. The molecule has 3 nitrogen and oxygen atoms in total. The Hall–Kier alpha value is -1.51. The van der Waals surface area contributed by atoms with Gasteiger partial charge in [0.05, 0.1) is 7.11 Å². The lowest BCUT2D eigenvalue weighted by molar-refractivity contribution is -0.127. The highest BCUT2D eigenvalue weighted by molar-refractivity contribution is 5.80. The Bertz CT molecular complexity index is 469. The third-order valence-electron chi connectivity index (χ3n) is 4.23. The number of methoxy groups -OCH3 is 1. The van der Waals surface area contributed by atoms with Crippen LogP contribution >= 0.6 is 0 Å². The van der Waals surface area contributed by atoms with Crippen molar-refractivity contribution >= 4 is 5.91 Å². The summed E-state index contributed by atoms with van der Waals surface area (Å²) in [5.41, 5.74) is 2.62. The number of ether oxygens (including phenoxy) is 1. The van der Waals surface area contributed by atoms with E-state index in [2.05, 4.69) is 6.07 Å². The highest BCUT2D eigenvalue weighted by Crippen LogP contribution is 2.43. The molecule has 0 N–H and O–H groups in total. The van der Waals surface area contributed by atoms with E-state index in [1.54, 1.807) is 7.11 Å². The number of hydrogen-bond donors (Lipinski definition) is 0. The summed E-state index contributed by atoms with van der Waals surface area (Å²) in [4.78, 5) is 13.7. The predicted molar refractivity (Wildman–Crippen MR) is 65.2 cm³/mol. The Morgan fingerprint density at radius 1 is 1.41 bits per heavy atom. The normalized spacial score (nSPS) is 26.7. The van der Waals surface area contributed by atoms with Gasteiger partial charge < -0.3 is 9.64 Å². The van der Waals surface area contributed by atoms with Gasteiger partial charge >= 0.3 is 0 Å². The molecular formula is C14H17NO2. The maximum absolute atomic E-state index is 11.8. The summed E-state index contributed by atoms with van der Waals surface area (Å²) in [5, 5.41) is 0. The van der Waals surface area contributed by atoms with E-state index in [0.29, 0.717) is 18.4 Å². The summed E-state index contributed by atoms with van der Waals surface area (Å²) in [6.07, 6.45) is 2.72. The van der Waals surface area contributed by atoms with E-state index in [4.69, 9.17) is 4.74 Å². The summed E-state index contributed by atoms with van der Waals surface area (Å²) in [6, 6.07) is 6.59. The van der Waals surface area contributed by atoms with Gasteiger partial charge in [-0.05, 0) is 30.0 Å². The fraction of sp³-hybridized carbons (Fsp3) is 0.500. The molecular weight excluding hydrogens is 214 g/mol. The number of likely N-dealkylation sites (tertiary alicyclic amines) is 1. The molecule has 1 aliphatic heterocycles. The zero-order valence-electron chi connectivity index (χ0n) is 10.3. The second kappa shape index (κ2) is 3.76. The number of rotatable bonds is 1. The zero-order chi connectivity index (χ0) is 12.0. The summed E-state index contributed by atoms with van der Waals surface area (Å²) >= 11 is 0. The Kier molecular flexibility index (Phi) is 2.35. The van der Waals surface area contributed by atoms with Crippen LogP contribution in [0.5, 0.6) is 5.75 Å². The van der Waals surface area contributed by atoms with Crippen LogP contribution < -0.4 is 4.74 Å². The van der Waals surface area contributed by atoms with E-state index in [-0.39, 0.29) is 5.91 Å². The van der Waals surface area contributed by atoms with Crippen molar-refractivity contribution in [2.75, 3.05) is 14.2 Å². The molecule has 2 atom stereocenters. The number of benzene rings is 1. The number of carbonyl (C=O) groups excluding carboxylic acids is 1. The number of fused-ring (bicyclic) bond motifs is 3. The van der Waals surface area contributed by atoms with Gasteiger partial charge in [0.15, 0.2) is 0 Å². The third kappa shape index (κ3) is 1.45. The van der Waals surface area contributed by atoms with Crippen molar-refractivity contribution < 1.29 is 9.53 Å². The molecule has 90 valence electrons. The monoisotopic (exact) mass is 231 g/mol. The van der Waals surface area contributed by atoms with E-state index in [9.17, 15) is 4.79 Å². The Morgan fingerprint density at radius 3 is 3.00 bits per heavy atom. The maximum Gasteiger partial charge on any atom is 0.223 e. The van der Waals surface area contributed by atoms with E-state index >= 15 is 0 Å². The molecule has 0 aromatic heterocycles. The van der Waals surface area contributed by atoms with Gasteiger partial charge in [0.25, 0.3) is 0 Å². The van der Waals surface area contributed by atoms with Crippen LogP contribution in [0.4, 0.5) is 0 Å². The Balaban J connectivity index is 2.06. The first-order chi connectivity index (χ1) is 8.22. The number of nitrogens with zero attached hydrogens (tertiary/aromatic N) is 1. The molecule has 0 unspecified atom stereocenters. The molecule has 1 aromatic carbocycles. The SMILES string of the molecule is COc1cccc2c1CC[C@H]1[C@H]2CC(=O)N1C. The van der Waals surface area contributed by atoms with Crippen LogP contribution in [0.3, 0.4) is 0 Å². The van der Waals surface area contributed by atoms with Crippen molar-refractivity contribution in [2.24, 2.45) is 0 Å². The molecule has 3 heteroatoms. The van der Waals surface area contributed by atoms with E-state index in [1.165, 1.54) is 11.1 Å². The molecule has 3 rings (SSSR count). The van der Waals surface area contributed by atoms with E-state index in [1.807, 2.05) is 24.1 Å². The first kappa shape index (κ1) is 10.6. The molecule has 1 fully saturated rings. The molecule has 2 aliphatic rings. The number of likely N-dealkylation sites (N-methyl/N-ethyl adjacent to an activating group) is 1. The van der Waals surface area contributed by atoms with Gasteiger partial charge in [-0.1, -0.05) is 12.1 Å². The van der Waals surface area contributed by atoms with Gasteiger partial charge in [0, 0.05) is 25.4 Å². The van der Waals surface area contributed by atoms with Gasteiger partial charge in [0.2, 0.25) is 5.91 Å². The van der Waals surface area contributed by atoms with Crippen molar-refractivity contribution in [1.82, 2.24) is 4.90 Å². The van der Waals surface area contributed by atoms with Crippen LogP contribution in [0.25, 0.3) is 0 Å². The van der Waals surface area contributed by atoms with Crippen LogP contribution in [0, 0.1) is 0 Å². The molecule has 17 heavy (non-hydrogen) atoms. The van der Waals surface area contributed by atoms with Gasteiger partial charge in [0.1, 0.15) is 5.75 Å². The minimum Gasteiger partial charge on any atom is -0.496 e. The Labute approximate surface area is 101 Å². The molecule has 1 aromatic rings. The highest BCUT2D eigenvalue weighted by atomic mass is 16.5. The molecule has 0 radical (unpaired) electrons. The van der Waals surface area contributed by atoms with Crippen molar-refractivity contribution in [3.8, 4) is 5.75 Å². The van der Waals surface area contributed by atoms with Gasteiger partial charge in [-0.2, -0.15) is 0 Å². The molecule has 1 aliphatic carbocycles. The van der Waals surface area contributed by atoms with Crippen LogP contribution in [0.1, 0.15) is 29.9 Å². The van der Waals surface area contributed by atoms with Crippen LogP contribution in [-0.2, 0) is 11.2 Å². The summed E-state index contributed by atoms with van der Waals surface area (Å²) in [6.45, 7) is 0. The van der Waals surface area contributed by atoms with Crippen LogP contribution in [0.15, 0.2) is 18.2 Å². The smallest absolute Gasteiger partial charge is 0.223 e. The lowest BCUT2D eigenvalue weighted by atomic mass is 9.79. The molecule has 1 amide bonds. The summed E-state index contributed by atoms with van der Waals surface area (Å²) < 4.78 is 5.42. The quantitative estimate of drug-likeness (QED) is 0.739. The molecule has 1 heterocycles. The van der Waals surface area contributed by atoms with Gasteiger partial charge in [-0.3, -0.25) is 4.79 Å². The second-order valence-corrected chi connectivity index (χ2v) is 4.95. The van der Waals surface area contributed by atoms with Crippen LogP contribution in [-0.4, -0.2) is 31.0 Å². The maximum atomic E-state index is 11.8. The number of amides is 1.